The van der Waals surface area contributed by atoms with Gasteiger partial charge in [-0.25, -0.2) is 4.98 Å². The molecule has 0 unspecified atom stereocenters. The first-order valence-electron chi connectivity index (χ1n) is 11.3. The molecule has 4 rings (SSSR count). The van der Waals surface area contributed by atoms with Crippen molar-refractivity contribution in [2.24, 2.45) is 5.41 Å². The average Bonchev–Trinajstić information content (AvgIpc) is 3.20. The Morgan fingerprint density at radius 3 is 2.36 bits per heavy atom. The Labute approximate surface area is 195 Å². The second kappa shape index (κ2) is 9.90. The van der Waals surface area contributed by atoms with Crippen LogP contribution in [0.3, 0.4) is 0 Å². The fourth-order valence-corrected chi connectivity index (χ4v) is 4.00. The summed E-state index contributed by atoms with van der Waals surface area (Å²) in [5.74, 6) is 1.55. The molecule has 0 amide bonds. The van der Waals surface area contributed by atoms with Gasteiger partial charge in [0.1, 0.15) is 11.6 Å². The first-order valence-corrected chi connectivity index (χ1v) is 11.3. The fraction of sp³-hybridized carbons (Fsp3) is 0.286. The fourth-order valence-electron chi connectivity index (χ4n) is 4.00. The van der Waals surface area contributed by atoms with E-state index in [1.165, 1.54) is 12.7 Å². The Bertz CT molecular complexity index is 1210. The van der Waals surface area contributed by atoms with Gasteiger partial charge in [0.15, 0.2) is 0 Å². The number of imidazole rings is 1. The molecule has 0 saturated carbocycles. The summed E-state index contributed by atoms with van der Waals surface area (Å²) >= 11 is 0. The zero-order chi connectivity index (χ0) is 23.3. The van der Waals surface area contributed by atoms with E-state index in [9.17, 15) is 4.79 Å². The maximum atomic E-state index is 11.8. The molecule has 0 radical (unpaired) electrons. The molecular formula is C28H30N2O3. The highest BCUT2D eigenvalue weighted by molar-refractivity contribution is 5.81. The summed E-state index contributed by atoms with van der Waals surface area (Å²) in [5.41, 5.74) is 3.87. The number of para-hydroxylation sites is 2. The number of fused-ring (bicyclic) bond motifs is 1. The van der Waals surface area contributed by atoms with Gasteiger partial charge in [0.05, 0.1) is 30.2 Å². The molecule has 170 valence electrons. The zero-order valence-electron chi connectivity index (χ0n) is 19.5. The van der Waals surface area contributed by atoms with Crippen molar-refractivity contribution in [2.75, 3.05) is 13.7 Å². The quantitative estimate of drug-likeness (QED) is 0.232. The third-order valence-corrected chi connectivity index (χ3v) is 5.90. The lowest BCUT2D eigenvalue weighted by Gasteiger charge is -2.21. The van der Waals surface area contributed by atoms with Crippen LogP contribution >= 0.6 is 0 Å². The smallest absolute Gasteiger partial charge is 0.311 e. The van der Waals surface area contributed by atoms with Crippen LogP contribution in [0, 0.1) is 5.41 Å². The van der Waals surface area contributed by atoms with Crippen LogP contribution < -0.4 is 4.74 Å². The number of rotatable bonds is 9. The number of hydrogen-bond acceptors (Lipinski definition) is 4. The average molecular weight is 443 g/mol. The van der Waals surface area contributed by atoms with E-state index in [0.29, 0.717) is 13.0 Å². The summed E-state index contributed by atoms with van der Waals surface area (Å²) < 4.78 is 13.0. The summed E-state index contributed by atoms with van der Waals surface area (Å²) in [6.45, 7) is 5.10. The van der Waals surface area contributed by atoms with Crippen LogP contribution in [0.4, 0.5) is 0 Å². The van der Waals surface area contributed by atoms with Crippen molar-refractivity contribution in [2.45, 2.75) is 33.2 Å². The van der Waals surface area contributed by atoms with E-state index in [1.54, 1.807) is 0 Å². The van der Waals surface area contributed by atoms with Gasteiger partial charge in [-0.15, -0.1) is 0 Å². The normalized spacial score (nSPS) is 11.5. The molecule has 5 heteroatoms. The first-order chi connectivity index (χ1) is 16.0. The van der Waals surface area contributed by atoms with E-state index < -0.39 is 5.41 Å². The molecule has 0 spiro atoms. The highest BCUT2D eigenvalue weighted by Crippen LogP contribution is 2.28. The van der Waals surface area contributed by atoms with Gasteiger partial charge >= 0.3 is 5.97 Å². The molecule has 1 aromatic heterocycles. The van der Waals surface area contributed by atoms with Crippen LogP contribution in [-0.4, -0.2) is 29.2 Å². The van der Waals surface area contributed by atoms with Gasteiger partial charge < -0.3 is 14.0 Å². The molecule has 3 aromatic carbocycles. The predicted molar refractivity (Wildman–Crippen MR) is 131 cm³/mol. The van der Waals surface area contributed by atoms with Gasteiger partial charge in [-0.2, -0.15) is 0 Å². The summed E-state index contributed by atoms with van der Waals surface area (Å²) in [6, 6.07) is 26.7. The number of carbonyl (C=O) groups excluding carboxylic acids is 1. The monoisotopic (exact) mass is 442 g/mol. The van der Waals surface area contributed by atoms with Crippen molar-refractivity contribution >= 4 is 17.0 Å². The maximum Gasteiger partial charge on any atom is 0.311 e. The van der Waals surface area contributed by atoms with Crippen molar-refractivity contribution in [3.05, 3.63) is 84.4 Å². The molecular weight excluding hydrogens is 412 g/mol. The number of esters is 1. The van der Waals surface area contributed by atoms with Gasteiger partial charge in [-0.1, -0.05) is 42.5 Å². The van der Waals surface area contributed by atoms with Crippen molar-refractivity contribution in [3.8, 4) is 17.1 Å². The lowest BCUT2D eigenvalue weighted by molar-refractivity contribution is -0.151. The number of aromatic nitrogens is 2. The minimum absolute atomic E-state index is 0.190. The SMILES string of the molecule is COC(=O)C(C)(C)CCCOc1ccc(-c2nc3ccccc3n2Cc2ccccc2)cc1. The van der Waals surface area contributed by atoms with E-state index in [2.05, 4.69) is 47.0 Å². The van der Waals surface area contributed by atoms with Crippen LogP contribution in [0.2, 0.25) is 0 Å². The Hall–Kier alpha value is -3.60. The molecule has 0 aliphatic carbocycles. The van der Waals surface area contributed by atoms with E-state index >= 15 is 0 Å². The van der Waals surface area contributed by atoms with Crippen LogP contribution in [-0.2, 0) is 16.1 Å². The van der Waals surface area contributed by atoms with Crippen LogP contribution in [0.15, 0.2) is 78.9 Å². The van der Waals surface area contributed by atoms with E-state index in [0.717, 1.165) is 41.1 Å². The van der Waals surface area contributed by atoms with E-state index in [1.807, 2.05) is 50.2 Å². The summed E-state index contributed by atoms with van der Waals surface area (Å²) in [4.78, 5) is 16.7. The van der Waals surface area contributed by atoms with Gasteiger partial charge in [-0.05, 0) is 68.7 Å². The lowest BCUT2D eigenvalue weighted by Crippen LogP contribution is -2.26. The minimum Gasteiger partial charge on any atom is -0.494 e. The van der Waals surface area contributed by atoms with Gasteiger partial charge in [-0.3, -0.25) is 4.79 Å². The highest BCUT2D eigenvalue weighted by atomic mass is 16.5. The van der Waals surface area contributed by atoms with Crippen LogP contribution in [0.5, 0.6) is 5.75 Å². The molecule has 0 bridgehead atoms. The van der Waals surface area contributed by atoms with Crippen LogP contribution in [0.1, 0.15) is 32.3 Å². The molecule has 5 nitrogen and oxygen atoms in total. The second-order valence-corrected chi connectivity index (χ2v) is 8.85. The zero-order valence-corrected chi connectivity index (χ0v) is 19.5. The molecule has 0 fully saturated rings. The number of hydrogen-bond donors (Lipinski definition) is 0. The predicted octanol–water partition coefficient (Wildman–Crippen LogP) is 6.11. The molecule has 0 N–H and O–H groups in total. The number of carbonyl (C=O) groups is 1. The van der Waals surface area contributed by atoms with Gasteiger partial charge in [0.25, 0.3) is 0 Å². The third kappa shape index (κ3) is 5.25. The largest absolute Gasteiger partial charge is 0.494 e. The van der Waals surface area contributed by atoms with Gasteiger partial charge in [0, 0.05) is 12.1 Å². The van der Waals surface area contributed by atoms with Crippen molar-refractivity contribution in [1.82, 2.24) is 9.55 Å². The first kappa shape index (κ1) is 22.6. The van der Waals surface area contributed by atoms with Crippen molar-refractivity contribution in [3.63, 3.8) is 0 Å². The molecule has 1 heterocycles. The molecule has 4 aromatic rings. The van der Waals surface area contributed by atoms with E-state index in [4.69, 9.17) is 14.5 Å². The molecule has 0 aliphatic heterocycles. The standard InChI is InChI=1S/C28H30N2O3/c1-28(2,27(31)32-3)18-9-19-33-23-16-14-22(15-17-23)26-29-24-12-7-8-13-25(24)30(26)20-21-10-5-4-6-11-21/h4-8,10-17H,9,18-20H2,1-3H3. The molecule has 0 atom stereocenters. The number of nitrogens with zero attached hydrogens (tertiary/aromatic N) is 2. The number of ether oxygens (including phenoxy) is 2. The summed E-state index contributed by atoms with van der Waals surface area (Å²) in [7, 11) is 1.43. The van der Waals surface area contributed by atoms with E-state index in [-0.39, 0.29) is 5.97 Å². The molecule has 33 heavy (non-hydrogen) atoms. The van der Waals surface area contributed by atoms with Crippen LogP contribution in [0.25, 0.3) is 22.4 Å². The third-order valence-electron chi connectivity index (χ3n) is 5.90. The Morgan fingerprint density at radius 1 is 0.939 bits per heavy atom. The van der Waals surface area contributed by atoms with Crippen molar-refractivity contribution < 1.29 is 14.3 Å². The number of benzene rings is 3. The Balaban J connectivity index is 1.48. The maximum absolute atomic E-state index is 11.8. The second-order valence-electron chi connectivity index (χ2n) is 8.85. The topological polar surface area (TPSA) is 53.4 Å². The Kier molecular flexibility index (Phi) is 6.78. The summed E-state index contributed by atoms with van der Waals surface area (Å²) in [5, 5.41) is 0. The number of methoxy groups -OCH3 is 1. The van der Waals surface area contributed by atoms with Gasteiger partial charge in [0.2, 0.25) is 0 Å². The lowest BCUT2D eigenvalue weighted by atomic mass is 9.88. The molecule has 0 saturated heterocycles. The Morgan fingerprint density at radius 2 is 1.64 bits per heavy atom. The van der Waals surface area contributed by atoms with Crippen molar-refractivity contribution in [1.29, 1.82) is 0 Å². The summed E-state index contributed by atoms with van der Waals surface area (Å²) in [6.07, 6.45) is 1.48. The minimum atomic E-state index is -0.500. The highest BCUT2D eigenvalue weighted by Gasteiger charge is 2.27. The molecule has 0 aliphatic rings.